The molecule has 3 nitrogen and oxygen atoms in total. The van der Waals surface area contributed by atoms with Crippen molar-refractivity contribution < 1.29 is 9.53 Å². The lowest BCUT2D eigenvalue weighted by atomic mass is 10.1. The molecule has 0 saturated carbocycles. The van der Waals surface area contributed by atoms with Crippen LogP contribution in [0.2, 0.25) is 0 Å². The lowest BCUT2D eigenvalue weighted by Crippen LogP contribution is -2.21. The molecular weight excluding hydrogens is 238 g/mol. The van der Waals surface area contributed by atoms with Crippen molar-refractivity contribution in [2.45, 2.75) is 68.2 Å². The Balaban J connectivity index is -0.000000203. The number of esters is 1. The molecule has 0 rings (SSSR count). The van der Waals surface area contributed by atoms with Gasteiger partial charge in [-0.1, -0.05) is 54.4 Å². The standard InChI is InChI=1S/C6H15N.C6H14.C4H8O2/c1-4-7(5-2)6-3;1-4-5-6(2)3;1-3-6-4(2)5/h4-6H2,1-3H3;6H,4-5H2,1-3H3;3H2,1-2H3. The number of hydrogen-bond donors (Lipinski definition) is 0. The van der Waals surface area contributed by atoms with Crippen LogP contribution < -0.4 is 0 Å². The highest BCUT2D eigenvalue weighted by atomic mass is 16.5. The molecule has 0 bridgehead atoms. The molecule has 0 aromatic heterocycles. The molecular formula is C16H37NO2. The van der Waals surface area contributed by atoms with Crippen molar-refractivity contribution in [3.05, 3.63) is 0 Å². The van der Waals surface area contributed by atoms with E-state index in [4.69, 9.17) is 0 Å². The summed E-state index contributed by atoms with van der Waals surface area (Å²) in [6.45, 7) is 20.5. The predicted octanol–water partition coefficient (Wildman–Crippen LogP) is 4.36. The maximum absolute atomic E-state index is 9.82. The minimum Gasteiger partial charge on any atom is -0.466 e. The molecule has 19 heavy (non-hydrogen) atoms. The van der Waals surface area contributed by atoms with E-state index in [1.54, 1.807) is 6.92 Å². The second-order valence-electron chi connectivity index (χ2n) is 4.73. The van der Waals surface area contributed by atoms with Gasteiger partial charge < -0.3 is 9.64 Å². The molecule has 0 heterocycles. The summed E-state index contributed by atoms with van der Waals surface area (Å²) < 4.78 is 4.40. The molecule has 0 unspecified atom stereocenters. The van der Waals surface area contributed by atoms with E-state index in [-0.39, 0.29) is 5.97 Å². The lowest BCUT2D eigenvalue weighted by molar-refractivity contribution is -0.140. The van der Waals surface area contributed by atoms with Gasteiger partial charge in [-0.25, -0.2) is 0 Å². The molecule has 0 N–H and O–H groups in total. The molecule has 0 aliphatic heterocycles. The molecule has 0 fully saturated rings. The van der Waals surface area contributed by atoms with Crippen LogP contribution in [-0.2, 0) is 9.53 Å². The zero-order valence-electron chi connectivity index (χ0n) is 14.6. The molecule has 0 aromatic rings. The predicted molar refractivity (Wildman–Crippen MR) is 85.5 cm³/mol. The first-order valence-corrected chi connectivity index (χ1v) is 7.74. The van der Waals surface area contributed by atoms with Gasteiger partial charge in [0.25, 0.3) is 0 Å². The van der Waals surface area contributed by atoms with Gasteiger partial charge in [0.1, 0.15) is 0 Å². The quantitative estimate of drug-likeness (QED) is 0.675. The van der Waals surface area contributed by atoms with Crippen LogP contribution in [0.25, 0.3) is 0 Å². The second kappa shape index (κ2) is 19.8. The minimum atomic E-state index is -0.211. The second-order valence-corrected chi connectivity index (χ2v) is 4.73. The number of hydrogen-bond acceptors (Lipinski definition) is 3. The Kier molecular flexibility index (Phi) is 24.5. The third-order valence-corrected chi connectivity index (χ3v) is 2.56. The van der Waals surface area contributed by atoms with Crippen molar-refractivity contribution in [1.29, 1.82) is 0 Å². The maximum atomic E-state index is 9.82. The topological polar surface area (TPSA) is 29.5 Å². The van der Waals surface area contributed by atoms with Gasteiger partial charge in [-0.3, -0.25) is 4.79 Å². The first-order chi connectivity index (χ1) is 8.89. The van der Waals surface area contributed by atoms with Crippen molar-refractivity contribution in [2.75, 3.05) is 26.2 Å². The highest BCUT2D eigenvalue weighted by molar-refractivity contribution is 5.65. The Labute approximate surface area is 121 Å². The lowest BCUT2D eigenvalue weighted by Gasteiger charge is -2.13. The van der Waals surface area contributed by atoms with Gasteiger partial charge in [-0.15, -0.1) is 0 Å². The van der Waals surface area contributed by atoms with E-state index in [2.05, 4.69) is 51.2 Å². The van der Waals surface area contributed by atoms with Crippen LogP contribution in [0, 0.1) is 5.92 Å². The van der Waals surface area contributed by atoms with Crippen LogP contribution in [0.1, 0.15) is 68.2 Å². The van der Waals surface area contributed by atoms with Crippen LogP contribution in [0.5, 0.6) is 0 Å². The van der Waals surface area contributed by atoms with Gasteiger partial charge in [0.2, 0.25) is 0 Å². The van der Waals surface area contributed by atoms with Gasteiger partial charge in [-0.2, -0.15) is 0 Å². The summed E-state index contributed by atoms with van der Waals surface area (Å²) in [5.74, 6) is 0.688. The molecule has 0 aliphatic carbocycles. The fourth-order valence-corrected chi connectivity index (χ4v) is 1.45. The van der Waals surface area contributed by atoms with Gasteiger partial charge in [-0.05, 0) is 32.5 Å². The molecule has 0 amide bonds. The zero-order chi connectivity index (χ0) is 15.7. The van der Waals surface area contributed by atoms with Gasteiger partial charge in [0.05, 0.1) is 6.61 Å². The van der Waals surface area contributed by atoms with Crippen molar-refractivity contribution in [3.8, 4) is 0 Å². The van der Waals surface area contributed by atoms with Gasteiger partial charge >= 0.3 is 5.97 Å². The van der Waals surface area contributed by atoms with E-state index in [0.717, 1.165) is 5.92 Å². The van der Waals surface area contributed by atoms with Crippen molar-refractivity contribution in [1.82, 2.24) is 4.90 Å². The summed E-state index contributed by atoms with van der Waals surface area (Å²) in [4.78, 5) is 12.2. The fourth-order valence-electron chi connectivity index (χ4n) is 1.45. The van der Waals surface area contributed by atoms with E-state index in [0.29, 0.717) is 6.61 Å². The molecule has 0 atom stereocenters. The molecule has 0 aromatic carbocycles. The first kappa shape index (κ1) is 23.5. The van der Waals surface area contributed by atoms with Crippen LogP contribution in [-0.4, -0.2) is 37.1 Å². The molecule has 0 saturated heterocycles. The summed E-state index contributed by atoms with van der Waals surface area (Å²) in [5.41, 5.74) is 0. The van der Waals surface area contributed by atoms with Gasteiger partial charge in [0, 0.05) is 6.92 Å². The number of carbonyl (C=O) groups excluding carboxylic acids is 1. The van der Waals surface area contributed by atoms with E-state index < -0.39 is 0 Å². The monoisotopic (exact) mass is 275 g/mol. The van der Waals surface area contributed by atoms with Crippen molar-refractivity contribution in [2.24, 2.45) is 5.92 Å². The molecule has 0 spiro atoms. The highest BCUT2D eigenvalue weighted by Crippen LogP contribution is 2.00. The largest absolute Gasteiger partial charge is 0.466 e. The van der Waals surface area contributed by atoms with Gasteiger partial charge in [0.15, 0.2) is 0 Å². The normalized spacial score (nSPS) is 9.37. The third kappa shape index (κ3) is 31.8. The Bertz CT molecular complexity index is 161. The summed E-state index contributed by atoms with van der Waals surface area (Å²) >= 11 is 0. The minimum absolute atomic E-state index is 0.211. The molecule has 0 aliphatic rings. The summed E-state index contributed by atoms with van der Waals surface area (Å²) in [5, 5.41) is 0. The molecule has 3 heteroatoms. The van der Waals surface area contributed by atoms with Crippen LogP contribution >= 0.6 is 0 Å². The SMILES string of the molecule is CCCC(C)C.CCN(CC)CC.CCOC(C)=O. The summed E-state index contributed by atoms with van der Waals surface area (Å²) in [6, 6.07) is 0. The Morgan fingerprint density at radius 1 is 1.00 bits per heavy atom. The highest BCUT2D eigenvalue weighted by Gasteiger charge is 1.89. The Hall–Kier alpha value is -0.570. The average molecular weight is 275 g/mol. The van der Waals surface area contributed by atoms with Crippen LogP contribution in [0.3, 0.4) is 0 Å². The van der Waals surface area contributed by atoms with Crippen LogP contribution in [0.15, 0.2) is 0 Å². The molecule has 118 valence electrons. The molecule has 0 radical (unpaired) electrons. The first-order valence-electron chi connectivity index (χ1n) is 7.74. The zero-order valence-corrected chi connectivity index (χ0v) is 14.6. The number of ether oxygens (including phenoxy) is 1. The smallest absolute Gasteiger partial charge is 0.302 e. The van der Waals surface area contributed by atoms with E-state index in [1.165, 1.54) is 39.4 Å². The number of carbonyl (C=O) groups is 1. The van der Waals surface area contributed by atoms with Crippen molar-refractivity contribution >= 4 is 5.97 Å². The Morgan fingerprint density at radius 3 is 1.42 bits per heavy atom. The number of rotatable bonds is 6. The summed E-state index contributed by atoms with van der Waals surface area (Å²) in [7, 11) is 0. The third-order valence-electron chi connectivity index (χ3n) is 2.56. The van der Waals surface area contributed by atoms with Crippen LogP contribution in [0.4, 0.5) is 0 Å². The fraction of sp³-hybridized carbons (Fsp3) is 0.938. The van der Waals surface area contributed by atoms with E-state index in [1.807, 2.05) is 0 Å². The van der Waals surface area contributed by atoms with E-state index >= 15 is 0 Å². The van der Waals surface area contributed by atoms with E-state index in [9.17, 15) is 4.79 Å². The maximum Gasteiger partial charge on any atom is 0.302 e. The average Bonchev–Trinajstić information content (AvgIpc) is 2.32. The van der Waals surface area contributed by atoms with Crippen molar-refractivity contribution in [3.63, 3.8) is 0 Å². The Morgan fingerprint density at radius 2 is 1.42 bits per heavy atom. The number of nitrogens with zero attached hydrogens (tertiary/aromatic N) is 1. The summed E-state index contributed by atoms with van der Waals surface area (Å²) in [6.07, 6.45) is 2.71.